The Kier molecular flexibility index (Phi) is 3.98. The van der Waals surface area contributed by atoms with Crippen molar-refractivity contribution in [2.75, 3.05) is 0 Å². The number of aromatic nitrogens is 1. The van der Waals surface area contributed by atoms with Gasteiger partial charge in [-0.3, -0.25) is 0 Å². The van der Waals surface area contributed by atoms with Gasteiger partial charge >= 0.3 is 0 Å². The molecule has 1 aromatic carbocycles. The largest absolute Gasteiger partial charge is 0.504 e. The number of hydrogen-bond acceptors (Lipinski definition) is 4. The zero-order valence-corrected chi connectivity index (χ0v) is 10.5. The van der Waals surface area contributed by atoms with Gasteiger partial charge in [0, 0.05) is 5.38 Å². The molecule has 0 radical (unpaired) electrons. The van der Waals surface area contributed by atoms with Crippen LogP contribution in [0.25, 0.3) is 0 Å². The van der Waals surface area contributed by atoms with E-state index in [0.717, 1.165) is 23.5 Å². The number of hydrogen-bond donors (Lipinski definition) is 1. The summed E-state index contributed by atoms with van der Waals surface area (Å²) in [6.07, 6.45) is 2.12. The molecule has 1 N–H and O–H groups in total. The highest BCUT2D eigenvalue weighted by molar-refractivity contribution is 7.09. The highest BCUT2D eigenvalue weighted by Crippen LogP contribution is 2.25. The van der Waals surface area contributed by atoms with Gasteiger partial charge in [-0.2, -0.15) is 0 Å². The molecule has 0 fully saturated rings. The highest BCUT2D eigenvalue weighted by atomic mass is 32.1. The minimum absolute atomic E-state index is 0.163. The fraction of sp³-hybridized carbons (Fsp3) is 0.308. The topological polar surface area (TPSA) is 42.4 Å². The molecule has 0 saturated carbocycles. The molecular formula is C13H15NO2S. The second kappa shape index (κ2) is 5.68. The smallest absolute Gasteiger partial charge is 0.161 e. The molecule has 0 spiro atoms. The minimum Gasteiger partial charge on any atom is -0.504 e. The first kappa shape index (κ1) is 11.9. The zero-order valence-electron chi connectivity index (χ0n) is 9.72. The predicted molar refractivity (Wildman–Crippen MR) is 68.5 cm³/mol. The lowest BCUT2D eigenvalue weighted by Gasteiger charge is -2.05. The van der Waals surface area contributed by atoms with Gasteiger partial charge in [0.25, 0.3) is 0 Å². The van der Waals surface area contributed by atoms with Crippen LogP contribution >= 0.6 is 11.3 Å². The van der Waals surface area contributed by atoms with Crippen molar-refractivity contribution in [2.24, 2.45) is 0 Å². The van der Waals surface area contributed by atoms with Crippen molar-refractivity contribution in [3.05, 3.63) is 40.3 Å². The Morgan fingerprint density at radius 1 is 1.35 bits per heavy atom. The number of phenols is 1. The Labute approximate surface area is 105 Å². The summed E-state index contributed by atoms with van der Waals surface area (Å²) in [6.45, 7) is 2.54. The van der Waals surface area contributed by atoms with Crippen LogP contribution in [0.2, 0.25) is 0 Å². The number of benzene rings is 1. The number of nitrogens with zero attached hydrogens (tertiary/aromatic N) is 1. The summed E-state index contributed by atoms with van der Waals surface area (Å²) < 4.78 is 5.51. The summed E-state index contributed by atoms with van der Waals surface area (Å²) in [6, 6.07) is 6.95. The number of aromatic hydroxyl groups is 1. The van der Waals surface area contributed by atoms with Crippen LogP contribution in [0.3, 0.4) is 0 Å². The second-order valence-corrected chi connectivity index (χ2v) is 4.68. The van der Waals surface area contributed by atoms with Gasteiger partial charge in [-0.25, -0.2) is 4.98 Å². The fourth-order valence-corrected chi connectivity index (χ4v) is 2.36. The van der Waals surface area contributed by atoms with Gasteiger partial charge in [0.1, 0.15) is 6.61 Å². The van der Waals surface area contributed by atoms with Crippen LogP contribution in [0.15, 0.2) is 29.6 Å². The quantitative estimate of drug-likeness (QED) is 0.883. The maximum absolute atomic E-state index is 9.54. The fourth-order valence-electron chi connectivity index (χ4n) is 1.47. The van der Waals surface area contributed by atoms with Crippen LogP contribution in [0.1, 0.15) is 24.0 Å². The molecule has 1 heterocycles. The first-order valence-electron chi connectivity index (χ1n) is 5.63. The van der Waals surface area contributed by atoms with Gasteiger partial charge in [0.15, 0.2) is 11.5 Å². The number of thiazole rings is 1. The average Bonchev–Trinajstić information content (AvgIpc) is 2.76. The van der Waals surface area contributed by atoms with Crippen molar-refractivity contribution >= 4 is 11.3 Å². The van der Waals surface area contributed by atoms with Gasteiger partial charge < -0.3 is 9.84 Å². The van der Waals surface area contributed by atoms with E-state index in [1.54, 1.807) is 29.5 Å². The third-order valence-corrected chi connectivity index (χ3v) is 3.26. The summed E-state index contributed by atoms with van der Waals surface area (Å²) in [5.74, 6) is 0.661. The molecule has 17 heavy (non-hydrogen) atoms. The highest BCUT2D eigenvalue weighted by Gasteiger charge is 2.04. The monoisotopic (exact) mass is 249 g/mol. The zero-order chi connectivity index (χ0) is 12.1. The van der Waals surface area contributed by atoms with Crippen LogP contribution in [0, 0.1) is 0 Å². The molecule has 0 atom stereocenters. The minimum atomic E-state index is 0.163. The molecule has 4 heteroatoms. The van der Waals surface area contributed by atoms with E-state index in [1.165, 1.54) is 0 Å². The standard InChI is InChI=1S/C13H15NO2S/c1-2-5-13-14-10(9-17-13)8-16-12-7-4-3-6-11(12)15/h3-4,6-7,9,15H,2,5,8H2,1H3. The summed E-state index contributed by atoms with van der Waals surface area (Å²) in [7, 11) is 0. The summed E-state index contributed by atoms with van der Waals surface area (Å²) in [5.41, 5.74) is 0.918. The summed E-state index contributed by atoms with van der Waals surface area (Å²) >= 11 is 1.66. The van der Waals surface area contributed by atoms with Crippen molar-refractivity contribution in [3.8, 4) is 11.5 Å². The lowest BCUT2D eigenvalue weighted by Crippen LogP contribution is -1.96. The lowest BCUT2D eigenvalue weighted by molar-refractivity contribution is 0.285. The van der Waals surface area contributed by atoms with Crippen LogP contribution in [-0.2, 0) is 13.0 Å². The predicted octanol–water partition coefficient (Wildman–Crippen LogP) is 3.38. The number of phenolic OH excluding ortho intramolecular Hbond substituents is 1. The van der Waals surface area contributed by atoms with E-state index in [1.807, 2.05) is 11.4 Å². The van der Waals surface area contributed by atoms with Crippen LogP contribution in [0.5, 0.6) is 11.5 Å². The van der Waals surface area contributed by atoms with E-state index < -0.39 is 0 Å². The third kappa shape index (κ3) is 3.20. The van der Waals surface area contributed by atoms with Crippen LogP contribution in [-0.4, -0.2) is 10.1 Å². The maximum atomic E-state index is 9.54. The van der Waals surface area contributed by atoms with E-state index >= 15 is 0 Å². The van der Waals surface area contributed by atoms with Crippen molar-refractivity contribution in [1.29, 1.82) is 0 Å². The molecule has 2 rings (SSSR count). The Hall–Kier alpha value is -1.55. The first-order chi connectivity index (χ1) is 8.29. The van der Waals surface area contributed by atoms with Gasteiger partial charge in [0.2, 0.25) is 0 Å². The van der Waals surface area contributed by atoms with E-state index in [-0.39, 0.29) is 5.75 Å². The molecule has 3 nitrogen and oxygen atoms in total. The van der Waals surface area contributed by atoms with E-state index in [0.29, 0.717) is 12.4 Å². The lowest BCUT2D eigenvalue weighted by atomic mass is 10.3. The van der Waals surface area contributed by atoms with Gasteiger partial charge in [0.05, 0.1) is 10.7 Å². The second-order valence-electron chi connectivity index (χ2n) is 3.74. The molecule has 0 aliphatic rings. The summed E-state index contributed by atoms with van der Waals surface area (Å²) in [5, 5.41) is 12.7. The third-order valence-electron chi connectivity index (χ3n) is 2.30. The van der Waals surface area contributed by atoms with E-state index in [9.17, 15) is 5.11 Å². The normalized spacial score (nSPS) is 10.4. The molecule has 0 aliphatic carbocycles. The Morgan fingerprint density at radius 2 is 2.18 bits per heavy atom. The molecule has 90 valence electrons. The Balaban J connectivity index is 1.95. The molecule has 1 aromatic heterocycles. The molecule has 2 aromatic rings. The molecule has 0 aliphatic heterocycles. The molecule has 0 unspecified atom stereocenters. The van der Waals surface area contributed by atoms with Crippen molar-refractivity contribution in [1.82, 2.24) is 4.98 Å². The molecule has 0 saturated heterocycles. The Bertz CT molecular complexity index is 482. The number of aryl methyl sites for hydroxylation is 1. The maximum Gasteiger partial charge on any atom is 0.161 e. The van der Waals surface area contributed by atoms with Gasteiger partial charge in [-0.1, -0.05) is 19.1 Å². The Morgan fingerprint density at radius 3 is 2.94 bits per heavy atom. The number of rotatable bonds is 5. The molecule has 0 amide bonds. The van der Waals surface area contributed by atoms with Gasteiger partial charge in [-0.15, -0.1) is 11.3 Å². The van der Waals surface area contributed by atoms with Crippen molar-refractivity contribution in [2.45, 2.75) is 26.4 Å². The number of para-hydroxylation sites is 2. The molecular weight excluding hydrogens is 234 g/mol. The van der Waals surface area contributed by atoms with Crippen LogP contribution < -0.4 is 4.74 Å². The first-order valence-corrected chi connectivity index (χ1v) is 6.51. The average molecular weight is 249 g/mol. The van der Waals surface area contributed by atoms with Crippen molar-refractivity contribution in [3.63, 3.8) is 0 Å². The summed E-state index contributed by atoms with van der Waals surface area (Å²) in [4.78, 5) is 4.46. The van der Waals surface area contributed by atoms with Crippen LogP contribution in [0.4, 0.5) is 0 Å². The molecule has 0 bridgehead atoms. The van der Waals surface area contributed by atoms with Gasteiger partial charge in [-0.05, 0) is 25.0 Å². The van der Waals surface area contributed by atoms with E-state index in [2.05, 4.69) is 11.9 Å². The van der Waals surface area contributed by atoms with E-state index in [4.69, 9.17) is 4.74 Å². The van der Waals surface area contributed by atoms with Crippen molar-refractivity contribution < 1.29 is 9.84 Å². The number of ether oxygens (including phenoxy) is 1. The SMILES string of the molecule is CCCc1nc(COc2ccccc2O)cs1.